The van der Waals surface area contributed by atoms with Gasteiger partial charge in [0.15, 0.2) is 0 Å². The molecule has 3 rings (SSSR count). The van der Waals surface area contributed by atoms with Crippen LogP contribution in [0.2, 0.25) is 5.02 Å². The summed E-state index contributed by atoms with van der Waals surface area (Å²) in [6.45, 7) is 0. The fraction of sp³-hybridized carbons (Fsp3) is 0. The van der Waals surface area contributed by atoms with Crippen molar-refractivity contribution in [2.75, 3.05) is 10.2 Å². The first-order chi connectivity index (χ1) is 11.4. The Labute approximate surface area is 145 Å². The van der Waals surface area contributed by atoms with Crippen LogP contribution in [0.5, 0.6) is 0 Å². The zero-order valence-electron chi connectivity index (χ0n) is 11.8. The van der Waals surface area contributed by atoms with Crippen LogP contribution >= 0.6 is 23.2 Å². The Morgan fingerprint density at radius 2 is 1.62 bits per heavy atom. The molecule has 0 unspecified atom stereocenters. The number of imide groups is 1. The van der Waals surface area contributed by atoms with E-state index in [0.717, 1.165) is 12.1 Å². The third kappa shape index (κ3) is 2.74. The number of nitrogens with zero attached hydrogens (tertiary/aromatic N) is 1. The summed E-state index contributed by atoms with van der Waals surface area (Å²) in [6.07, 6.45) is 0. The van der Waals surface area contributed by atoms with Gasteiger partial charge in [0.05, 0.1) is 10.7 Å². The van der Waals surface area contributed by atoms with E-state index in [4.69, 9.17) is 23.2 Å². The number of hydrogen-bond acceptors (Lipinski definition) is 3. The molecule has 2 aromatic carbocycles. The highest BCUT2D eigenvalue weighted by Gasteiger charge is 2.40. The Bertz CT molecular complexity index is 899. The van der Waals surface area contributed by atoms with Gasteiger partial charge in [-0.3, -0.25) is 9.59 Å². The molecule has 1 aliphatic heterocycles. The highest BCUT2D eigenvalue weighted by molar-refractivity contribution is 6.53. The molecule has 0 radical (unpaired) electrons. The van der Waals surface area contributed by atoms with Crippen molar-refractivity contribution in [2.24, 2.45) is 0 Å². The minimum atomic E-state index is -0.859. The molecule has 0 saturated carbocycles. The van der Waals surface area contributed by atoms with Crippen molar-refractivity contribution in [2.45, 2.75) is 0 Å². The van der Waals surface area contributed by atoms with Crippen LogP contribution < -0.4 is 10.2 Å². The number of carbonyl (C=O) groups excluding carboxylic acids is 2. The normalized spacial score (nSPS) is 14.6. The van der Waals surface area contributed by atoms with Crippen molar-refractivity contribution >= 4 is 46.4 Å². The molecule has 0 fully saturated rings. The van der Waals surface area contributed by atoms with E-state index < -0.39 is 28.5 Å². The van der Waals surface area contributed by atoms with Gasteiger partial charge in [0.2, 0.25) is 0 Å². The van der Waals surface area contributed by atoms with Crippen molar-refractivity contribution < 1.29 is 18.4 Å². The fourth-order valence-electron chi connectivity index (χ4n) is 2.18. The number of nitrogens with one attached hydrogen (secondary N) is 1. The molecule has 8 heteroatoms. The molecule has 0 aromatic heterocycles. The van der Waals surface area contributed by atoms with E-state index in [2.05, 4.69) is 5.32 Å². The van der Waals surface area contributed by atoms with Crippen molar-refractivity contribution in [1.29, 1.82) is 0 Å². The number of halogens is 4. The van der Waals surface area contributed by atoms with Crippen molar-refractivity contribution in [3.8, 4) is 0 Å². The molecular formula is C16H8Cl2F2N2O2. The van der Waals surface area contributed by atoms with Crippen LogP contribution in [-0.4, -0.2) is 11.8 Å². The maximum Gasteiger partial charge on any atom is 0.283 e. The second kappa shape index (κ2) is 6.22. The predicted octanol–water partition coefficient (Wildman–Crippen LogP) is 4.05. The SMILES string of the molecule is O=C1C(Cl)=C(Nc2ccc(F)c(Cl)c2)C(=O)N1c1ccccc1F. The third-order valence-corrected chi connectivity index (χ3v) is 3.95. The standard InChI is InChI=1S/C16H8Cl2F2N2O2/c17-9-7-8(5-6-10(9)19)21-14-13(18)15(23)22(16(14)24)12-4-2-1-3-11(12)20/h1-7,21H. The number of amides is 2. The van der Waals surface area contributed by atoms with Gasteiger partial charge in [-0.05, 0) is 30.3 Å². The summed E-state index contributed by atoms with van der Waals surface area (Å²) in [5, 5.41) is 2.05. The first-order valence-electron chi connectivity index (χ1n) is 6.65. The van der Waals surface area contributed by atoms with Crippen LogP contribution in [0.15, 0.2) is 53.2 Å². The van der Waals surface area contributed by atoms with Crippen molar-refractivity contribution in [3.63, 3.8) is 0 Å². The summed E-state index contributed by atoms with van der Waals surface area (Å²) in [4.78, 5) is 25.3. The van der Waals surface area contributed by atoms with E-state index in [-0.39, 0.29) is 22.1 Å². The lowest BCUT2D eigenvalue weighted by Crippen LogP contribution is -2.33. The van der Waals surface area contributed by atoms with Gasteiger partial charge in [-0.15, -0.1) is 0 Å². The van der Waals surface area contributed by atoms with Crippen LogP contribution in [-0.2, 0) is 9.59 Å². The van der Waals surface area contributed by atoms with Crippen LogP contribution in [0.25, 0.3) is 0 Å². The fourth-order valence-corrected chi connectivity index (χ4v) is 2.57. The maximum atomic E-state index is 13.9. The molecule has 4 nitrogen and oxygen atoms in total. The average Bonchev–Trinajstić information content (AvgIpc) is 2.76. The molecule has 0 bridgehead atoms. The number of para-hydroxylation sites is 1. The van der Waals surface area contributed by atoms with E-state index >= 15 is 0 Å². The number of rotatable bonds is 3. The van der Waals surface area contributed by atoms with Crippen molar-refractivity contribution in [1.82, 2.24) is 0 Å². The summed E-state index contributed by atoms with van der Waals surface area (Å²) < 4.78 is 27.1. The first kappa shape index (κ1) is 16.4. The molecule has 0 saturated heterocycles. The minimum absolute atomic E-state index is 0.167. The lowest BCUT2D eigenvalue weighted by molar-refractivity contribution is -0.120. The molecule has 0 aliphatic carbocycles. The van der Waals surface area contributed by atoms with Crippen LogP contribution in [0, 0.1) is 11.6 Å². The monoisotopic (exact) mass is 368 g/mol. The zero-order valence-corrected chi connectivity index (χ0v) is 13.3. The highest BCUT2D eigenvalue weighted by Crippen LogP contribution is 2.32. The van der Waals surface area contributed by atoms with E-state index in [9.17, 15) is 18.4 Å². The van der Waals surface area contributed by atoms with Gasteiger partial charge < -0.3 is 5.32 Å². The Kier molecular flexibility index (Phi) is 4.26. The van der Waals surface area contributed by atoms with Gasteiger partial charge in [-0.25, -0.2) is 13.7 Å². The van der Waals surface area contributed by atoms with E-state index in [0.29, 0.717) is 4.90 Å². The zero-order chi connectivity index (χ0) is 17.4. The molecule has 24 heavy (non-hydrogen) atoms. The summed E-state index contributed by atoms with van der Waals surface area (Å²) in [6, 6.07) is 8.97. The summed E-state index contributed by atoms with van der Waals surface area (Å²) in [5.74, 6) is -3.06. The van der Waals surface area contributed by atoms with Gasteiger partial charge >= 0.3 is 0 Å². The second-order valence-electron chi connectivity index (χ2n) is 4.84. The van der Waals surface area contributed by atoms with E-state index in [1.807, 2.05) is 0 Å². The topological polar surface area (TPSA) is 49.4 Å². The lowest BCUT2D eigenvalue weighted by Gasteiger charge is -2.15. The average molecular weight is 369 g/mol. The summed E-state index contributed by atoms with van der Waals surface area (Å²) in [7, 11) is 0. The Morgan fingerprint density at radius 3 is 2.29 bits per heavy atom. The van der Waals surface area contributed by atoms with Crippen LogP contribution in [0.4, 0.5) is 20.2 Å². The summed E-state index contributed by atoms with van der Waals surface area (Å²) in [5.41, 5.74) is -0.196. The summed E-state index contributed by atoms with van der Waals surface area (Å²) >= 11 is 11.6. The Balaban J connectivity index is 1.95. The molecule has 0 spiro atoms. The van der Waals surface area contributed by atoms with E-state index in [1.165, 1.54) is 30.3 Å². The molecule has 2 aromatic rings. The largest absolute Gasteiger partial charge is 0.350 e. The maximum absolute atomic E-state index is 13.9. The van der Waals surface area contributed by atoms with Crippen molar-refractivity contribution in [3.05, 3.63) is 69.9 Å². The molecular weight excluding hydrogens is 361 g/mol. The molecule has 1 aliphatic rings. The molecule has 122 valence electrons. The van der Waals surface area contributed by atoms with E-state index in [1.54, 1.807) is 0 Å². The van der Waals surface area contributed by atoms with Gasteiger partial charge in [0, 0.05) is 5.69 Å². The highest BCUT2D eigenvalue weighted by atomic mass is 35.5. The number of carbonyl (C=O) groups is 2. The Morgan fingerprint density at radius 1 is 0.917 bits per heavy atom. The van der Waals surface area contributed by atoms with Gasteiger partial charge in [-0.1, -0.05) is 35.3 Å². The number of benzene rings is 2. The quantitative estimate of drug-likeness (QED) is 0.831. The van der Waals surface area contributed by atoms with Gasteiger partial charge in [0.25, 0.3) is 11.8 Å². The Hall–Kier alpha value is -2.44. The van der Waals surface area contributed by atoms with Crippen LogP contribution in [0.3, 0.4) is 0 Å². The van der Waals surface area contributed by atoms with Gasteiger partial charge in [-0.2, -0.15) is 0 Å². The molecule has 2 amide bonds. The number of anilines is 2. The number of hydrogen-bond donors (Lipinski definition) is 1. The predicted molar refractivity (Wildman–Crippen MR) is 86.8 cm³/mol. The third-order valence-electron chi connectivity index (χ3n) is 3.31. The molecule has 1 N–H and O–H groups in total. The molecule has 1 heterocycles. The minimum Gasteiger partial charge on any atom is -0.350 e. The lowest BCUT2D eigenvalue weighted by atomic mass is 10.2. The van der Waals surface area contributed by atoms with Crippen LogP contribution in [0.1, 0.15) is 0 Å². The smallest absolute Gasteiger partial charge is 0.283 e. The van der Waals surface area contributed by atoms with Gasteiger partial charge in [0.1, 0.15) is 22.4 Å². The molecule has 0 atom stereocenters. The second-order valence-corrected chi connectivity index (χ2v) is 5.63. The first-order valence-corrected chi connectivity index (χ1v) is 7.41.